The van der Waals surface area contributed by atoms with Crippen molar-refractivity contribution < 1.29 is 8.42 Å². The zero-order chi connectivity index (χ0) is 14.2. The predicted octanol–water partition coefficient (Wildman–Crippen LogP) is 4.54. The molecule has 0 saturated heterocycles. The summed E-state index contributed by atoms with van der Waals surface area (Å²) in [4.78, 5) is 4.35. The molecule has 0 aliphatic rings. The van der Waals surface area contributed by atoms with E-state index in [4.69, 9.17) is 0 Å². The number of aromatic nitrogens is 1. The number of thiophene rings is 1. The molecule has 0 radical (unpaired) electrons. The lowest BCUT2D eigenvalue weighted by Gasteiger charge is -2.09. The summed E-state index contributed by atoms with van der Waals surface area (Å²) < 4.78 is 29.0. The molecule has 0 aromatic carbocycles. The minimum atomic E-state index is -3.63. The van der Waals surface area contributed by atoms with Crippen molar-refractivity contribution in [2.45, 2.75) is 11.8 Å². The maximum absolute atomic E-state index is 12.3. The lowest BCUT2D eigenvalue weighted by Crippen LogP contribution is -2.13. The first-order valence-electron chi connectivity index (χ1n) is 4.90. The normalized spacial score (nSPS) is 11.6. The number of rotatable bonds is 3. The van der Waals surface area contributed by atoms with Crippen molar-refractivity contribution in [2.24, 2.45) is 0 Å². The Bertz CT molecular complexity index is 728. The number of sulfonamides is 1. The van der Waals surface area contributed by atoms with Gasteiger partial charge in [-0.3, -0.25) is 4.72 Å². The Morgan fingerprint density at radius 2 is 1.95 bits per heavy atom. The summed E-state index contributed by atoms with van der Waals surface area (Å²) >= 11 is 11.0. The van der Waals surface area contributed by atoms with Gasteiger partial charge in [0.1, 0.15) is 9.50 Å². The molecule has 2 aromatic rings. The highest BCUT2D eigenvalue weighted by atomic mass is 79.9. The minimum Gasteiger partial charge on any atom is -0.278 e. The average molecular weight is 491 g/mol. The van der Waals surface area contributed by atoms with Crippen LogP contribution in [0, 0.1) is 6.92 Å². The van der Waals surface area contributed by atoms with Gasteiger partial charge in [0.05, 0.1) is 19.0 Å². The third kappa shape index (κ3) is 3.57. The number of anilines is 1. The number of pyridine rings is 1. The van der Waals surface area contributed by atoms with E-state index in [1.165, 1.54) is 11.3 Å². The molecule has 0 unspecified atom stereocenters. The second-order valence-corrected chi connectivity index (χ2v) is 9.77. The largest absolute Gasteiger partial charge is 0.278 e. The lowest BCUT2D eigenvalue weighted by atomic mass is 10.3. The topological polar surface area (TPSA) is 59.1 Å². The fourth-order valence-electron chi connectivity index (χ4n) is 1.35. The van der Waals surface area contributed by atoms with E-state index in [-0.39, 0.29) is 4.90 Å². The third-order valence-electron chi connectivity index (χ3n) is 2.21. The summed E-state index contributed by atoms with van der Waals surface area (Å²) in [6.45, 7) is 1.74. The van der Waals surface area contributed by atoms with E-state index in [0.29, 0.717) is 19.8 Å². The predicted molar refractivity (Wildman–Crippen MR) is 87.2 cm³/mol. The zero-order valence-corrected chi connectivity index (χ0v) is 15.8. The fraction of sp³-hybridized carbons (Fsp3) is 0.100. The summed E-state index contributed by atoms with van der Waals surface area (Å²) in [7, 11) is -3.63. The smallest absolute Gasteiger partial charge is 0.263 e. The van der Waals surface area contributed by atoms with Gasteiger partial charge in [0, 0.05) is 0 Å². The number of hydrogen-bond acceptors (Lipinski definition) is 4. The molecule has 0 bridgehead atoms. The van der Waals surface area contributed by atoms with Gasteiger partial charge in [0.25, 0.3) is 10.0 Å². The van der Waals surface area contributed by atoms with E-state index >= 15 is 0 Å². The second-order valence-electron chi connectivity index (χ2n) is 3.56. The van der Waals surface area contributed by atoms with Crippen LogP contribution >= 0.6 is 59.1 Å². The van der Waals surface area contributed by atoms with Crippen molar-refractivity contribution >= 4 is 74.8 Å². The van der Waals surface area contributed by atoms with Crippen LogP contribution in [0.1, 0.15) is 5.69 Å². The van der Waals surface area contributed by atoms with E-state index in [0.717, 1.165) is 3.79 Å². The van der Waals surface area contributed by atoms with Crippen LogP contribution < -0.4 is 4.72 Å². The summed E-state index contributed by atoms with van der Waals surface area (Å²) in [6, 6.07) is 4.90. The van der Waals surface area contributed by atoms with Crippen molar-refractivity contribution in [3.63, 3.8) is 0 Å². The maximum atomic E-state index is 12.3. The molecule has 0 atom stereocenters. The van der Waals surface area contributed by atoms with E-state index in [9.17, 15) is 8.42 Å². The summed E-state index contributed by atoms with van der Waals surface area (Å²) in [6.07, 6.45) is 0. The van der Waals surface area contributed by atoms with Crippen LogP contribution in [0.3, 0.4) is 0 Å². The molecule has 0 aliphatic carbocycles. The standard InChI is InChI=1S/C10H7Br3N2O2S2/c1-5-6(2-3-8(11)14-5)15-19(16,17)7-4-9(12)18-10(7)13/h2-4,15H,1H3. The van der Waals surface area contributed by atoms with Crippen molar-refractivity contribution in [1.82, 2.24) is 4.98 Å². The Morgan fingerprint density at radius 1 is 1.26 bits per heavy atom. The van der Waals surface area contributed by atoms with Gasteiger partial charge in [-0.05, 0) is 72.9 Å². The number of halogens is 3. The molecule has 0 spiro atoms. The van der Waals surface area contributed by atoms with Crippen molar-refractivity contribution in [3.8, 4) is 0 Å². The van der Waals surface area contributed by atoms with Gasteiger partial charge in [-0.2, -0.15) is 0 Å². The molecule has 0 amide bonds. The van der Waals surface area contributed by atoms with Crippen molar-refractivity contribution in [3.05, 3.63) is 36.1 Å². The molecule has 2 rings (SSSR count). The third-order valence-corrected chi connectivity index (χ3v) is 6.77. The lowest BCUT2D eigenvalue weighted by molar-refractivity contribution is 0.601. The Labute approximate surface area is 140 Å². The van der Waals surface area contributed by atoms with Crippen LogP contribution in [0.5, 0.6) is 0 Å². The van der Waals surface area contributed by atoms with E-state index in [1.807, 2.05) is 0 Å². The molecule has 4 nitrogen and oxygen atoms in total. The SMILES string of the molecule is Cc1nc(Br)ccc1NS(=O)(=O)c1cc(Br)sc1Br. The first-order valence-corrected chi connectivity index (χ1v) is 9.58. The van der Waals surface area contributed by atoms with Gasteiger partial charge in [-0.1, -0.05) is 0 Å². The Balaban J connectivity index is 2.39. The molecule has 0 saturated carbocycles. The first kappa shape index (κ1) is 15.4. The number of nitrogens with zero attached hydrogens (tertiary/aromatic N) is 1. The minimum absolute atomic E-state index is 0.201. The summed E-state index contributed by atoms with van der Waals surface area (Å²) in [5, 5.41) is 0. The van der Waals surface area contributed by atoms with Crippen LogP contribution in [0.2, 0.25) is 0 Å². The maximum Gasteiger partial charge on any atom is 0.263 e. The number of nitrogens with one attached hydrogen (secondary N) is 1. The first-order chi connectivity index (χ1) is 8.79. The van der Waals surface area contributed by atoms with Gasteiger partial charge in [-0.25, -0.2) is 13.4 Å². The quantitative estimate of drug-likeness (QED) is 0.642. The Morgan fingerprint density at radius 3 is 2.47 bits per heavy atom. The monoisotopic (exact) mass is 488 g/mol. The molecule has 2 aromatic heterocycles. The number of hydrogen-bond donors (Lipinski definition) is 1. The molecular formula is C10H7Br3N2O2S2. The van der Waals surface area contributed by atoms with Crippen LogP contribution in [-0.4, -0.2) is 13.4 Å². The Hall–Kier alpha value is 0.0400. The summed E-state index contributed by atoms with van der Waals surface area (Å²) in [5.41, 5.74) is 1.06. The van der Waals surface area contributed by atoms with Gasteiger partial charge >= 0.3 is 0 Å². The average Bonchev–Trinajstić information content (AvgIpc) is 2.63. The zero-order valence-electron chi connectivity index (χ0n) is 9.45. The van der Waals surface area contributed by atoms with Crippen LogP contribution in [0.15, 0.2) is 35.3 Å². The fourth-order valence-corrected chi connectivity index (χ4v) is 6.67. The molecule has 1 N–H and O–H groups in total. The highest BCUT2D eigenvalue weighted by Gasteiger charge is 2.21. The second kappa shape index (κ2) is 5.80. The molecular weight excluding hydrogens is 484 g/mol. The van der Waals surface area contributed by atoms with Gasteiger partial charge in [0.2, 0.25) is 0 Å². The van der Waals surface area contributed by atoms with Gasteiger partial charge < -0.3 is 0 Å². The van der Waals surface area contributed by atoms with E-state index in [1.54, 1.807) is 25.1 Å². The van der Waals surface area contributed by atoms with Crippen LogP contribution in [0.25, 0.3) is 0 Å². The summed E-state index contributed by atoms with van der Waals surface area (Å²) in [5.74, 6) is 0. The molecule has 102 valence electrons. The molecule has 9 heteroatoms. The molecule has 0 fully saturated rings. The van der Waals surface area contributed by atoms with Crippen molar-refractivity contribution in [1.29, 1.82) is 0 Å². The molecule has 2 heterocycles. The van der Waals surface area contributed by atoms with Crippen LogP contribution in [0.4, 0.5) is 5.69 Å². The van der Waals surface area contributed by atoms with E-state index < -0.39 is 10.0 Å². The molecule has 19 heavy (non-hydrogen) atoms. The number of aryl methyl sites for hydroxylation is 1. The molecule has 0 aliphatic heterocycles. The van der Waals surface area contributed by atoms with Crippen molar-refractivity contribution in [2.75, 3.05) is 4.72 Å². The highest BCUT2D eigenvalue weighted by Crippen LogP contribution is 2.35. The van der Waals surface area contributed by atoms with E-state index in [2.05, 4.69) is 57.5 Å². The Kier molecular flexibility index (Phi) is 4.71. The van der Waals surface area contributed by atoms with Gasteiger partial charge in [-0.15, -0.1) is 11.3 Å². The van der Waals surface area contributed by atoms with Crippen LogP contribution in [-0.2, 0) is 10.0 Å². The highest BCUT2D eigenvalue weighted by molar-refractivity contribution is 9.12. The van der Waals surface area contributed by atoms with Gasteiger partial charge in [0.15, 0.2) is 0 Å².